The van der Waals surface area contributed by atoms with Crippen molar-refractivity contribution in [2.24, 2.45) is 16.6 Å². The molecule has 5 nitrogen and oxygen atoms in total. The monoisotopic (exact) mass is 462 g/mol. The minimum absolute atomic E-state index is 0. The number of benzene rings is 1. The van der Waals surface area contributed by atoms with E-state index in [1.165, 1.54) is 12.1 Å². The van der Waals surface area contributed by atoms with E-state index in [-0.39, 0.29) is 24.0 Å². The molecule has 2 aliphatic heterocycles. The Morgan fingerprint density at radius 1 is 1.33 bits per heavy atom. The molecule has 1 unspecified atom stereocenters. The number of thioether (sulfide) groups is 1. The van der Waals surface area contributed by atoms with E-state index in [0.717, 1.165) is 55.9 Å². The number of methoxy groups -OCH3 is 1. The molecule has 0 aliphatic carbocycles. The van der Waals surface area contributed by atoms with E-state index in [2.05, 4.69) is 26.9 Å². The highest BCUT2D eigenvalue weighted by molar-refractivity contribution is 14.0. The average Bonchev–Trinajstić information content (AvgIpc) is 3.09. The molecule has 0 amide bonds. The average molecular weight is 462 g/mol. The largest absolute Gasteiger partial charge is 0.497 e. The Morgan fingerprint density at radius 3 is 2.88 bits per heavy atom. The fourth-order valence-corrected chi connectivity index (χ4v) is 4.04. The first-order valence-electron chi connectivity index (χ1n) is 8.28. The van der Waals surface area contributed by atoms with Gasteiger partial charge in [0.15, 0.2) is 5.96 Å². The summed E-state index contributed by atoms with van der Waals surface area (Å²) in [5.74, 6) is 4.53. The SMILES string of the molecule is COc1cccc(N2CCC(CN=C(N)N3CCSCC3)C2)c1.I. The van der Waals surface area contributed by atoms with E-state index in [0.29, 0.717) is 5.92 Å². The molecule has 0 saturated carbocycles. The molecule has 24 heavy (non-hydrogen) atoms. The maximum atomic E-state index is 6.15. The van der Waals surface area contributed by atoms with Crippen LogP contribution < -0.4 is 15.4 Å². The van der Waals surface area contributed by atoms with Gasteiger partial charge in [0.05, 0.1) is 7.11 Å². The molecule has 1 aromatic rings. The summed E-state index contributed by atoms with van der Waals surface area (Å²) >= 11 is 1.99. The van der Waals surface area contributed by atoms with Crippen molar-refractivity contribution < 1.29 is 4.74 Å². The Balaban J connectivity index is 0.00000208. The van der Waals surface area contributed by atoms with E-state index in [4.69, 9.17) is 10.5 Å². The van der Waals surface area contributed by atoms with Crippen LogP contribution in [-0.2, 0) is 0 Å². The van der Waals surface area contributed by atoms with Gasteiger partial charge in [0.25, 0.3) is 0 Å². The number of aliphatic imine (C=N–C) groups is 1. The molecule has 0 radical (unpaired) electrons. The molecule has 2 aliphatic rings. The van der Waals surface area contributed by atoms with Crippen LogP contribution in [0.5, 0.6) is 5.75 Å². The summed E-state index contributed by atoms with van der Waals surface area (Å²) in [6.07, 6.45) is 1.17. The van der Waals surface area contributed by atoms with Crippen LogP contribution in [0.3, 0.4) is 0 Å². The van der Waals surface area contributed by atoms with Crippen molar-refractivity contribution in [2.75, 3.05) is 56.2 Å². The Bertz CT molecular complexity index is 551. The van der Waals surface area contributed by atoms with Gasteiger partial charge in [0, 0.05) is 56.0 Å². The van der Waals surface area contributed by atoms with Crippen molar-refractivity contribution >= 4 is 47.4 Å². The summed E-state index contributed by atoms with van der Waals surface area (Å²) < 4.78 is 5.32. The fourth-order valence-electron chi connectivity index (χ4n) is 3.14. The molecule has 3 rings (SSSR count). The highest BCUT2D eigenvalue weighted by Gasteiger charge is 2.23. The molecule has 7 heteroatoms. The van der Waals surface area contributed by atoms with Crippen LogP contribution in [0.15, 0.2) is 29.3 Å². The Morgan fingerprint density at radius 2 is 2.12 bits per heavy atom. The third-order valence-corrected chi connectivity index (χ3v) is 5.49. The van der Waals surface area contributed by atoms with Crippen LogP contribution >= 0.6 is 35.7 Å². The van der Waals surface area contributed by atoms with Crippen molar-refractivity contribution in [1.29, 1.82) is 0 Å². The van der Waals surface area contributed by atoms with Crippen molar-refractivity contribution in [3.63, 3.8) is 0 Å². The topological polar surface area (TPSA) is 54.1 Å². The minimum Gasteiger partial charge on any atom is -0.497 e. The molecule has 2 fully saturated rings. The van der Waals surface area contributed by atoms with Crippen molar-refractivity contribution in [3.8, 4) is 5.75 Å². The number of nitrogens with zero attached hydrogens (tertiary/aromatic N) is 3. The number of rotatable bonds is 4. The standard InChI is InChI=1S/C17H26N4OS.HI/c1-22-16-4-2-3-15(11-16)21-6-5-14(13-21)12-19-17(18)20-7-9-23-10-8-20;/h2-4,11,14H,5-10,12-13H2,1H3,(H2,18,19);1H. The Kier molecular flexibility index (Phi) is 7.80. The van der Waals surface area contributed by atoms with Gasteiger partial charge in [-0.2, -0.15) is 11.8 Å². The van der Waals surface area contributed by atoms with E-state index >= 15 is 0 Å². The van der Waals surface area contributed by atoms with Gasteiger partial charge >= 0.3 is 0 Å². The highest BCUT2D eigenvalue weighted by atomic mass is 127. The first-order chi connectivity index (χ1) is 11.3. The smallest absolute Gasteiger partial charge is 0.191 e. The van der Waals surface area contributed by atoms with Crippen LogP contribution in [0.2, 0.25) is 0 Å². The van der Waals surface area contributed by atoms with Gasteiger partial charge in [-0.1, -0.05) is 6.07 Å². The number of hydrogen-bond donors (Lipinski definition) is 1. The van der Waals surface area contributed by atoms with Crippen molar-refractivity contribution in [2.45, 2.75) is 6.42 Å². The molecule has 1 aromatic carbocycles. The van der Waals surface area contributed by atoms with Crippen molar-refractivity contribution in [1.82, 2.24) is 4.90 Å². The summed E-state index contributed by atoms with van der Waals surface area (Å²) in [5.41, 5.74) is 7.38. The summed E-state index contributed by atoms with van der Waals surface area (Å²) in [6, 6.07) is 8.28. The van der Waals surface area contributed by atoms with Crippen LogP contribution in [-0.4, -0.2) is 62.2 Å². The molecule has 2 N–H and O–H groups in total. The number of hydrogen-bond acceptors (Lipinski definition) is 4. The lowest BCUT2D eigenvalue weighted by Crippen LogP contribution is -2.43. The second kappa shape index (κ2) is 9.60. The molecule has 0 aromatic heterocycles. The molecule has 2 saturated heterocycles. The first-order valence-corrected chi connectivity index (χ1v) is 9.43. The van der Waals surface area contributed by atoms with Crippen LogP contribution in [0.25, 0.3) is 0 Å². The van der Waals surface area contributed by atoms with Crippen LogP contribution in [0, 0.1) is 5.92 Å². The number of ether oxygens (including phenoxy) is 1. The third kappa shape index (κ3) is 5.08. The molecular formula is C17H27IN4OS. The van der Waals surface area contributed by atoms with E-state index < -0.39 is 0 Å². The molecule has 2 heterocycles. The van der Waals surface area contributed by atoms with E-state index in [9.17, 15) is 0 Å². The first kappa shape index (κ1) is 19.5. The number of nitrogens with two attached hydrogens (primary N) is 1. The maximum Gasteiger partial charge on any atom is 0.191 e. The predicted octanol–water partition coefficient (Wildman–Crippen LogP) is 2.50. The van der Waals surface area contributed by atoms with Gasteiger partial charge in [0.2, 0.25) is 0 Å². The second-order valence-corrected chi connectivity index (χ2v) is 7.33. The Hall–Kier alpha value is -0.830. The predicted molar refractivity (Wildman–Crippen MR) is 114 cm³/mol. The summed E-state index contributed by atoms with van der Waals surface area (Å²) in [5, 5.41) is 0. The Labute approximate surface area is 166 Å². The maximum absolute atomic E-state index is 6.15. The summed E-state index contributed by atoms with van der Waals surface area (Å²) in [4.78, 5) is 9.28. The van der Waals surface area contributed by atoms with Gasteiger partial charge < -0.3 is 20.3 Å². The van der Waals surface area contributed by atoms with E-state index in [1.54, 1.807) is 7.11 Å². The number of anilines is 1. The zero-order valence-electron chi connectivity index (χ0n) is 14.2. The zero-order chi connectivity index (χ0) is 16.1. The molecule has 0 bridgehead atoms. The lowest BCUT2D eigenvalue weighted by molar-refractivity contribution is 0.415. The molecule has 134 valence electrons. The zero-order valence-corrected chi connectivity index (χ0v) is 17.3. The van der Waals surface area contributed by atoms with E-state index in [1.807, 2.05) is 23.9 Å². The minimum atomic E-state index is 0. The molecule has 1 atom stereocenters. The highest BCUT2D eigenvalue weighted by Crippen LogP contribution is 2.27. The van der Waals surface area contributed by atoms with Gasteiger partial charge in [-0.15, -0.1) is 24.0 Å². The van der Waals surface area contributed by atoms with Gasteiger partial charge in [-0.25, -0.2) is 0 Å². The normalized spacial score (nSPS) is 21.5. The van der Waals surface area contributed by atoms with Gasteiger partial charge in [-0.05, 0) is 24.5 Å². The second-order valence-electron chi connectivity index (χ2n) is 6.10. The fraction of sp³-hybridized carbons (Fsp3) is 0.588. The molecular weight excluding hydrogens is 435 g/mol. The lowest BCUT2D eigenvalue weighted by atomic mass is 10.1. The van der Waals surface area contributed by atoms with Crippen molar-refractivity contribution in [3.05, 3.63) is 24.3 Å². The summed E-state index contributed by atoms with van der Waals surface area (Å²) in [7, 11) is 1.71. The van der Waals surface area contributed by atoms with Crippen LogP contribution in [0.1, 0.15) is 6.42 Å². The quantitative estimate of drug-likeness (QED) is 0.424. The third-order valence-electron chi connectivity index (χ3n) is 4.55. The van der Waals surface area contributed by atoms with Crippen LogP contribution in [0.4, 0.5) is 5.69 Å². The lowest BCUT2D eigenvalue weighted by Gasteiger charge is -2.27. The number of halogens is 1. The number of guanidine groups is 1. The van der Waals surface area contributed by atoms with Gasteiger partial charge in [-0.3, -0.25) is 4.99 Å². The van der Waals surface area contributed by atoms with Gasteiger partial charge in [0.1, 0.15) is 5.75 Å². The molecule has 0 spiro atoms. The summed E-state index contributed by atoms with van der Waals surface area (Å²) in [6.45, 7) is 5.00.